The summed E-state index contributed by atoms with van der Waals surface area (Å²) in [7, 11) is 0. The van der Waals surface area contributed by atoms with Gasteiger partial charge in [0.2, 0.25) is 5.95 Å². The second-order valence-electron chi connectivity index (χ2n) is 6.87. The van der Waals surface area contributed by atoms with Crippen LogP contribution in [0.25, 0.3) is 11.1 Å². The maximum Gasteiger partial charge on any atom is 0.433 e. The van der Waals surface area contributed by atoms with Gasteiger partial charge in [0, 0.05) is 30.2 Å². The van der Waals surface area contributed by atoms with E-state index in [1.54, 1.807) is 0 Å². The van der Waals surface area contributed by atoms with Crippen LogP contribution in [0.2, 0.25) is 0 Å². The van der Waals surface area contributed by atoms with Crippen molar-refractivity contribution in [3.63, 3.8) is 0 Å². The molecule has 1 fully saturated rings. The summed E-state index contributed by atoms with van der Waals surface area (Å²) < 4.78 is 40.4. The van der Waals surface area contributed by atoms with Crippen molar-refractivity contribution in [2.24, 2.45) is 5.92 Å². The van der Waals surface area contributed by atoms with Crippen LogP contribution in [0, 0.1) is 12.8 Å². The van der Waals surface area contributed by atoms with Crippen molar-refractivity contribution in [1.29, 1.82) is 0 Å². The van der Waals surface area contributed by atoms with Gasteiger partial charge in [0.1, 0.15) is 5.69 Å². The fourth-order valence-electron chi connectivity index (χ4n) is 2.91. The number of hydrogen-bond donors (Lipinski definition) is 1. The minimum absolute atomic E-state index is 0.0918. The number of aromatic nitrogens is 4. The standard InChI is InChI=1S/C19H18F3N5/c1-12-6-14(15-9-24-27(11-15)10-13-2-3-13)8-16(7-12)25-18-23-5-4-17(26-18)19(20,21)22/h4-9,11,13H,2-3,10H2,1H3,(H,23,25,26). The Morgan fingerprint density at radius 1 is 1.19 bits per heavy atom. The summed E-state index contributed by atoms with van der Waals surface area (Å²) in [5.74, 6) is 0.636. The summed E-state index contributed by atoms with van der Waals surface area (Å²) >= 11 is 0. The lowest BCUT2D eigenvalue weighted by Crippen LogP contribution is -2.10. The van der Waals surface area contributed by atoms with E-state index in [0.29, 0.717) is 5.69 Å². The molecule has 0 aliphatic heterocycles. The summed E-state index contributed by atoms with van der Waals surface area (Å²) in [6.45, 7) is 2.85. The predicted molar refractivity (Wildman–Crippen MR) is 95.4 cm³/mol. The van der Waals surface area contributed by atoms with Crippen molar-refractivity contribution >= 4 is 11.6 Å². The molecule has 1 saturated carbocycles. The molecule has 140 valence electrons. The number of nitrogens with zero attached hydrogens (tertiary/aromatic N) is 4. The number of rotatable bonds is 5. The molecule has 0 bridgehead atoms. The average Bonchev–Trinajstić information content (AvgIpc) is 3.28. The number of nitrogens with one attached hydrogen (secondary N) is 1. The van der Waals surface area contributed by atoms with E-state index in [-0.39, 0.29) is 5.95 Å². The molecule has 8 heteroatoms. The molecule has 27 heavy (non-hydrogen) atoms. The molecule has 0 amide bonds. The van der Waals surface area contributed by atoms with Crippen LogP contribution >= 0.6 is 0 Å². The molecule has 0 spiro atoms. The zero-order valence-corrected chi connectivity index (χ0v) is 14.7. The van der Waals surface area contributed by atoms with Crippen molar-refractivity contribution in [3.8, 4) is 11.1 Å². The highest BCUT2D eigenvalue weighted by atomic mass is 19.4. The summed E-state index contributed by atoms with van der Waals surface area (Å²) in [5.41, 5.74) is 2.52. The quantitative estimate of drug-likeness (QED) is 0.697. The van der Waals surface area contributed by atoms with Gasteiger partial charge in [-0.25, -0.2) is 9.97 Å². The molecule has 4 rings (SSSR count). The summed E-state index contributed by atoms with van der Waals surface area (Å²) in [4.78, 5) is 7.44. The lowest BCUT2D eigenvalue weighted by molar-refractivity contribution is -0.141. The Morgan fingerprint density at radius 3 is 2.74 bits per heavy atom. The Balaban J connectivity index is 1.58. The van der Waals surface area contributed by atoms with E-state index in [4.69, 9.17) is 0 Å². The van der Waals surface area contributed by atoms with Gasteiger partial charge >= 0.3 is 6.18 Å². The number of anilines is 2. The minimum Gasteiger partial charge on any atom is -0.324 e. The van der Waals surface area contributed by atoms with E-state index in [9.17, 15) is 13.2 Å². The van der Waals surface area contributed by atoms with E-state index < -0.39 is 11.9 Å². The van der Waals surface area contributed by atoms with Crippen molar-refractivity contribution in [2.75, 3.05) is 5.32 Å². The van der Waals surface area contributed by atoms with Gasteiger partial charge in [-0.1, -0.05) is 6.07 Å². The van der Waals surface area contributed by atoms with E-state index in [1.807, 2.05) is 42.2 Å². The number of alkyl halides is 3. The largest absolute Gasteiger partial charge is 0.433 e. The normalized spacial score (nSPS) is 14.4. The molecule has 0 atom stereocenters. The maximum absolute atomic E-state index is 12.8. The highest BCUT2D eigenvalue weighted by Gasteiger charge is 2.32. The van der Waals surface area contributed by atoms with Crippen LogP contribution in [0.3, 0.4) is 0 Å². The van der Waals surface area contributed by atoms with Gasteiger partial charge in [0.25, 0.3) is 0 Å². The topological polar surface area (TPSA) is 55.6 Å². The van der Waals surface area contributed by atoms with E-state index in [0.717, 1.165) is 41.4 Å². The SMILES string of the molecule is Cc1cc(Nc2nccc(C(F)(F)F)n2)cc(-c2cnn(CC3CC3)c2)c1. The number of benzene rings is 1. The van der Waals surface area contributed by atoms with Crippen LogP contribution in [0.4, 0.5) is 24.8 Å². The lowest BCUT2D eigenvalue weighted by atomic mass is 10.1. The van der Waals surface area contributed by atoms with Crippen LogP contribution in [-0.4, -0.2) is 19.7 Å². The second kappa shape index (κ2) is 6.68. The molecular weight excluding hydrogens is 355 g/mol. The van der Waals surface area contributed by atoms with Gasteiger partial charge in [-0.05, 0) is 55.0 Å². The number of aryl methyl sites for hydroxylation is 1. The molecule has 1 aromatic carbocycles. The molecule has 0 saturated heterocycles. The minimum atomic E-state index is -4.51. The van der Waals surface area contributed by atoms with Crippen LogP contribution in [0.5, 0.6) is 0 Å². The molecule has 1 aliphatic carbocycles. The Morgan fingerprint density at radius 2 is 2.00 bits per heavy atom. The fraction of sp³-hybridized carbons (Fsp3) is 0.316. The first kappa shape index (κ1) is 17.5. The zero-order chi connectivity index (χ0) is 19.0. The van der Waals surface area contributed by atoms with E-state index in [2.05, 4.69) is 20.4 Å². The van der Waals surface area contributed by atoms with Gasteiger partial charge in [-0.15, -0.1) is 0 Å². The third-order valence-corrected chi connectivity index (χ3v) is 4.39. The van der Waals surface area contributed by atoms with Crippen molar-refractivity contribution in [3.05, 3.63) is 54.1 Å². The molecule has 1 N–H and O–H groups in total. The predicted octanol–water partition coefficient (Wildman–Crippen LogP) is 4.82. The molecule has 1 aliphatic rings. The van der Waals surface area contributed by atoms with Gasteiger partial charge in [-0.2, -0.15) is 18.3 Å². The first-order valence-electron chi connectivity index (χ1n) is 8.68. The Bertz CT molecular complexity index is 960. The smallest absolute Gasteiger partial charge is 0.324 e. The average molecular weight is 373 g/mol. The number of hydrogen-bond acceptors (Lipinski definition) is 4. The van der Waals surface area contributed by atoms with Gasteiger partial charge in [0.15, 0.2) is 0 Å². The van der Waals surface area contributed by atoms with Crippen LogP contribution < -0.4 is 5.32 Å². The molecule has 2 heterocycles. The second-order valence-corrected chi connectivity index (χ2v) is 6.87. The zero-order valence-electron chi connectivity index (χ0n) is 14.7. The lowest BCUT2D eigenvalue weighted by Gasteiger charge is -2.10. The van der Waals surface area contributed by atoms with Gasteiger partial charge in [-0.3, -0.25) is 4.68 Å². The first-order valence-corrected chi connectivity index (χ1v) is 8.68. The molecular formula is C19H18F3N5. The molecule has 0 unspecified atom stereocenters. The third kappa shape index (κ3) is 4.27. The highest BCUT2D eigenvalue weighted by Crippen LogP contribution is 2.32. The summed E-state index contributed by atoms with van der Waals surface area (Å²) in [5, 5.41) is 7.27. The molecule has 5 nitrogen and oxygen atoms in total. The van der Waals surface area contributed by atoms with Crippen molar-refractivity contribution < 1.29 is 13.2 Å². The Labute approximate surface area is 154 Å². The fourth-order valence-corrected chi connectivity index (χ4v) is 2.91. The third-order valence-electron chi connectivity index (χ3n) is 4.39. The molecule has 3 aromatic rings. The van der Waals surface area contributed by atoms with Gasteiger partial charge in [0.05, 0.1) is 6.20 Å². The first-order chi connectivity index (χ1) is 12.9. The monoisotopic (exact) mass is 373 g/mol. The van der Waals surface area contributed by atoms with Crippen molar-refractivity contribution in [1.82, 2.24) is 19.7 Å². The summed E-state index contributed by atoms with van der Waals surface area (Å²) in [6.07, 6.45) is 2.90. The van der Waals surface area contributed by atoms with Crippen LogP contribution in [0.1, 0.15) is 24.1 Å². The maximum atomic E-state index is 12.8. The van der Waals surface area contributed by atoms with Crippen LogP contribution in [-0.2, 0) is 12.7 Å². The van der Waals surface area contributed by atoms with E-state index in [1.165, 1.54) is 12.8 Å². The van der Waals surface area contributed by atoms with Crippen molar-refractivity contribution in [2.45, 2.75) is 32.5 Å². The van der Waals surface area contributed by atoms with Crippen LogP contribution in [0.15, 0.2) is 42.9 Å². The summed E-state index contributed by atoms with van der Waals surface area (Å²) in [6, 6.07) is 6.55. The van der Waals surface area contributed by atoms with Gasteiger partial charge < -0.3 is 5.32 Å². The molecule has 0 radical (unpaired) electrons. The molecule has 2 aromatic heterocycles. The highest BCUT2D eigenvalue weighted by molar-refractivity contribution is 5.70. The Hall–Kier alpha value is -2.90. The Kier molecular flexibility index (Phi) is 4.33. The number of halogens is 3. The van der Waals surface area contributed by atoms with E-state index >= 15 is 0 Å².